The van der Waals surface area contributed by atoms with Crippen LogP contribution < -0.4 is 16.0 Å². The zero-order valence-corrected chi connectivity index (χ0v) is 18.9. The van der Waals surface area contributed by atoms with Crippen molar-refractivity contribution >= 4 is 34.7 Å². The smallest absolute Gasteiger partial charge is 0.381 e. The topological polar surface area (TPSA) is 53.2 Å². The monoisotopic (exact) mass is 555 g/mol. The minimum atomic E-state index is -4.82. The van der Waals surface area contributed by atoms with Crippen LogP contribution in [0.3, 0.4) is 0 Å². The highest BCUT2D eigenvalue weighted by atomic mass is 35.5. The van der Waals surface area contributed by atoms with E-state index in [-0.39, 0.29) is 23.6 Å². The van der Waals surface area contributed by atoms with Gasteiger partial charge in [-0.3, -0.25) is 0 Å². The van der Waals surface area contributed by atoms with Crippen LogP contribution in [-0.2, 0) is 25.1 Å². The lowest BCUT2D eigenvalue weighted by atomic mass is 10.1. The minimum Gasteiger partial charge on any atom is -0.381 e. The van der Waals surface area contributed by atoms with Gasteiger partial charge < -0.3 is 16.0 Å². The molecule has 0 saturated carbocycles. The van der Waals surface area contributed by atoms with Gasteiger partial charge in [-0.2, -0.15) is 39.5 Å². The average molecular weight is 556 g/mol. The molecule has 198 valence electrons. The molecular formula is C23H15ClF9N3O. The number of nitrogens with one attached hydrogen (secondary N) is 3. The molecule has 0 aromatic heterocycles. The van der Waals surface area contributed by atoms with E-state index in [4.69, 9.17) is 11.6 Å². The standard InChI is InChI=1S/C23H15ClF9N3O/c24-19-6-5-15(10-18(19)23(31,32)33)35-20(37)36-17-8-14(22(28,29)30)7-16(9-17)34-11-12-1-3-13(4-2-12)21(25,26)27/h1-10,34H,11H2,(H2,35,36,37). The number of urea groups is 1. The highest BCUT2D eigenvalue weighted by Crippen LogP contribution is 2.37. The van der Waals surface area contributed by atoms with Crippen molar-refractivity contribution < 1.29 is 44.3 Å². The summed E-state index contributed by atoms with van der Waals surface area (Å²) in [5, 5.41) is 6.21. The SMILES string of the molecule is O=C(Nc1cc(NCc2ccc(C(F)(F)F)cc2)cc(C(F)(F)F)c1)Nc1ccc(Cl)c(C(F)(F)F)c1. The first kappa shape index (κ1) is 28.0. The molecule has 0 radical (unpaired) electrons. The van der Waals surface area contributed by atoms with Crippen molar-refractivity contribution in [3.05, 3.63) is 87.9 Å². The van der Waals surface area contributed by atoms with Crippen LogP contribution in [0.4, 0.5) is 61.4 Å². The summed E-state index contributed by atoms with van der Waals surface area (Å²) in [5.74, 6) is 0. The van der Waals surface area contributed by atoms with Crippen molar-refractivity contribution in [3.63, 3.8) is 0 Å². The first-order valence-corrected chi connectivity index (χ1v) is 10.5. The van der Waals surface area contributed by atoms with Crippen molar-refractivity contribution in [1.29, 1.82) is 0 Å². The lowest BCUT2D eigenvalue weighted by Crippen LogP contribution is -2.20. The van der Waals surface area contributed by atoms with Crippen molar-refractivity contribution in [3.8, 4) is 0 Å². The van der Waals surface area contributed by atoms with Gasteiger partial charge in [-0.1, -0.05) is 23.7 Å². The normalized spacial score (nSPS) is 12.3. The van der Waals surface area contributed by atoms with E-state index in [2.05, 4.69) is 16.0 Å². The Bertz CT molecular complexity index is 1270. The first-order chi connectivity index (χ1) is 17.0. The van der Waals surface area contributed by atoms with Crippen LogP contribution in [0.25, 0.3) is 0 Å². The van der Waals surface area contributed by atoms with Crippen molar-refractivity contribution in [2.75, 3.05) is 16.0 Å². The van der Waals surface area contributed by atoms with Gasteiger partial charge in [0.1, 0.15) is 0 Å². The molecule has 0 aliphatic rings. The molecule has 0 aliphatic carbocycles. The van der Waals surface area contributed by atoms with Gasteiger partial charge in [-0.15, -0.1) is 0 Å². The summed E-state index contributed by atoms with van der Waals surface area (Å²) in [7, 11) is 0. The van der Waals surface area contributed by atoms with Crippen LogP contribution in [0, 0.1) is 0 Å². The third-order valence-corrected chi connectivity index (χ3v) is 5.16. The molecule has 3 N–H and O–H groups in total. The van der Waals surface area contributed by atoms with Gasteiger partial charge in [0.05, 0.1) is 21.7 Å². The average Bonchev–Trinajstić information content (AvgIpc) is 2.77. The lowest BCUT2D eigenvalue weighted by molar-refractivity contribution is -0.138. The number of hydrogen-bond donors (Lipinski definition) is 3. The van der Waals surface area contributed by atoms with Crippen LogP contribution in [-0.4, -0.2) is 6.03 Å². The maximum absolute atomic E-state index is 13.4. The maximum atomic E-state index is 13.4. The third-order valence-electron chi connectivity index (χ3n) is 4.83. The number of anilines is 3. The van der Waals surface area contributed by atoms with Crippen molar-refractivity contribution in [1.82, 2.24) is 0 Å². The summed E-state index contributed by atoms with van der Waals surface area (Å²) in [6, 6.07) is 7.77. The van der Waals surface area contributed by atoms with E-state index in [1.807, 2.05) is 0 Å². The molecule has 0 spiro atoms. The maximum Gasteiger partial charge on any atom is 0.417 e. The number of hydrogen-bond acceptors (Lipinski definition) is 2. The van der Waals surface area contributed by atoms with Crippen molar-refractivity contribution in [2.45, 2.75) is 25.1 Å². The summed E-state index contributed by atoms with van der Waals surface area (Å²) in [6.07, 6.45) is -14.2. The number of amides is 2. The number of halogens is 10. The summed E-state index contributed by atoms with van der Waals surface area (Å²) < 4.78 is 117. The Morgan fingerprint density at radius 1 is 0.649 bits per heavy atom. The molecule has 3 aromatic rings. The Labute approximate surface area is 208 Å². The number of alkyl halides is 9. The van der Waals surface area contributed by atoms with Gasteiger partial charge in [0.15, 0.2) is 0 Å². The molecule has 37 heavy (non-hydrogen) atoms. The van der Waals surface area contributed by atoms with E-state index in [1.54, 1.807) is 0 Å². The number of carbonyl (C=O) groups is 1. The summed E-state index contributed by atoms with van der Waals surface area (Å²) in [5.41, 5.74) is -3.74. The lowest BCUT2D eigenvalue weighted by Gasteiger charge is -2.16. The number of benzene rings is 3. The van der Waals surface area contributed by atoms with E-state index >= 15 is 0 Å². The summed E-state index contributed by atoms with van der Waals surface area (Å²) in [6.45, 7) is -0.143. The molecule has 0 fully saturated rings. The van der Waals surface area contributed by atoms with Crippen LogP contribution in [0.15, 0.2) is 60.7 Å². The Hall–Kier alpha value is -3.61. The van der Waals surface area contributed by atoms with Crippen LogP contribution in [0.5, 0.6) is 0 Å². The van der Waals surface area contributed by atoms with Gasteiger partial charge in [0, 0.05) is 23.6 Å². The number of carbonyl (C=O) groups excluding carboxylic acids is 1. The fourth-order valence-corrected chi connectivity index (χ4v) is 3.32. The molecule has 2 amide bonds. The Balaban J connectivity index is 1.77. The zero-order chi connectivity index (χ0) is 27.6. The third kappa shape index (κ3) is 7.68. The molecule has 0 saturated heterocycles. The van der Waals surface area contributed by atoms with E-state index in [0.29, 0.717) is 17.7 Å². The second-order valence-electron chi connectivity index (χ2n) is 7.62. The van der Waals surface area contributed by atoms with Gasteiger partial charge in [0.25, 0.3) is 0 Å². The molecule has 0 unspecified atom stereocenters. The molecule has 3 aromatic carbocycles. The van der Waals surface area contributed by atoms with Crippen LogP contribution in [0.2, 0.25) is 5.02 Å². The Kier molecular flexibility index (Phi) is 7.86. The molecule has 3 rings (SSSR count). The van der Waals surface area contributed by atoms with Crippen LogP contribution >= 0.6 is 11.6 Å². The Morgan fingerprint density at radius 2 is 1.22 bits per heavy atom. The van der Waals surface area contributed by atoms with Gasteiger partial charge in [-0.05, 0) is 54.1 Å². The second kappa shape index (κ2) is 10.4. The molecule has 0 atom stereocenters. The fraction of sp³-hybridized carbons (Fsp3) is 0.174. The van der Waals surface area contributed by atoms with E-state index < -0.39 is 46.3 Å². The summed E-state index contributed by atoms with van der Waals surface area (Å²) >= 11 is 5.51. The van der Waals surface area contributed by atoms with E-state index in [0.717, 1.165) is 48.5 Å². The molecule has 4 nitrogen and oxygen atoms in total. The fourth-order valence-electron chi connectivity index (χ4n) is 3.09. The quantitative estimate of drug-likeness (QED) is 0.276. The second-order valence-corrected chi connectivity index (χ2v) is 8.02. The summed E-state index contributed by atoms with van der Waals surface area (Å²) in [4.78, 5) is 12.3. The van der Waals surface area contributed by atoms with Crippen molar-refractivity contribution in [2.24, 2.45) is 0 Å². The predicted molar refractivity (Wildman–Crippen MR) is 119 cm³/mol. The highest BCUT2D eigenvalue weighted by Gasteiger charge is 2.34. The highest BCUT2D eigenvalue weighted by molar-refractivity contribution is 6.31. The van der Waals surface area contributed by atoms with Crippen LogP contribution in [0.1, 0.15) is 22.3 Å². The Morgan fingerprint density at radius 3 is 1.78 bits per heavy atom. The molecule has 0 bridgehead atoms. The van der Waals surface area contributed by atoms with Gasteiger partial charge in [-0.25, -0.2) is 4.79 Å². The van der Waals surface area contributed by atoms with E-state index in [9.17, 15) is 44.3 Å². The predicted octanol–water partition coefficient (Wildman–Crippen LogP) is 8.65. The minimum absolute atomic E-state index is 0.129. The van der Waals surface area contributed by atoms with E-state index in [1.165, 1.54) is 0 Å². The number of rotatable bonds is 5. The molecule has 0 aliphatic heterocycles. The zero-order valence-electron chi connectivity index (χ0n) is 18.2. The molecule has 14 heteroatoms. The molecule has 0 heterocycles. The first-order valence-electron chi connectivity index (χ1n) is 10.1. The van der Waals surface area contributed by atoms with Gasteiger partial charge >= 0.3 is 24.6 Å². The molecular weight excluding hydrogens is 541 g/mol. The van der Waals surface area contributed by atoms with Gasteiger partial charge in [0.2, 0.25) is 0 Å². The largest absolute Gasteiger partial charge is 0.417 e.